The van der Waals surface area contributed by atoms with Crippen molar-refractivity contribution in [1.82, 2.24) is 10.2 Å². The number of likely N-dealkylation sites (N-methyl/N-ethyl adjacent to an activating group) is 1. The molecule has 4 rings (SSSR count). The zero-order chi connectivity index (χ0) is 31.7. The number of aryl methyl sites for hydroxylation is 1. The molecule has 0 aromatic heterocycles. The summed E-state index contributed by atoms with van der Waals surface area (Å²) in [4.78, 5) is 29.3. The number of ether oxygens (including phenoxy) is 1. The van der Waals surface area contributed by atoms with E-state index >= 15 is 0 Å². The van der Waals surface area contributed by atoms with Crippen LogP contribution in [0.4, 0.5) is 10.1 Å². The fourth-order valence-electron chi connectivity index (χ4n) is 4.86. The summed E-state index contributed by atoms with van der Waals surface area (Å²) < 4.78 is 48.6. The van der Waals surface area contributed by atoms with Crippen molar-refractivity contribution in [3.8, 4) is 5.75 Å². The molecule has 0 aliphatic rings. The predicted molar refractivity (Wildman–Crippen MR) is 168 cm³/mol. The van der Waals surface area contributed by atoms with Crippen LogP contribution in [0.15, 0.2) is 108 Å². The maximum absolute atomic E-state index is 14.4. The van der Waals surface area contributed by atoms with Crippen molar-refractivity contribution in [1.29, 1.82) is 0 Å². The van der Waals surface area contributed by atoms with Gasteiger partial charge in [-0.1, -0.05) is 66.7 Å². The van der Waals surface area contributed by atoms with Crippen molar-refractivity contribution >= 4 is 27.5 Å². The lowest BCUT2D eigenvalue weighted by atomic mass is 10.0. The Morgan fingerprint density at radius 3 is 2.14 bits per heavy atom. The summed E-state index contributed by atoms with van der Waals surface area (Å²) in [6, 6.07) is 26.8. The van der Waals surface area contributed by atoms with Gasteiger partial charge in [-0.05, 0) is 66.9 Å². The number of methoxy groups -OCH3 is 1. The molecule has 0 saturated heterocycles. The summed E-state index contributed by atoms with van der Waals surface area (Å²) in [6.07, 6.45) is 0.179. The predicted octanol–water partition coefficient (Wildman–Crippen LogP) is 5.11. The van der Waals surface area contributed by atoms with Gasteiger partial charge in [0, 0.05) is 19.5 Å². The van der Waals surface area contributed by atoms with Crippen molar-refractivity contribution in [2.75, 3.05) is 24.5 Å². The van der Waals surface area contributed by atoms with E-state index in [0.29, 0.717) is 12.1 Å². The van der Waals surface area contributed by atoms with E-state index in [4.69, 9.17) is 4.74 Å². The van der Waals surface area contributed by atoms with E-state index in [-0.39, 0.29) is 29.3 Å². The van der Waals surface area contributed by atoms with Crippen molar-refractivity contribution in [3.05, 3.63) is 126 Å². The smallest absolute Gasteiger partial charge is 0.264 e. The van der Waals surface area contributed by atoms with Crippen LogP contribution < -0.4 is 14.4 Å². The number of amides is 2. The van der Waals surface area contributed by atoms with Gasteiger partial charge in [-0.2, -0.15) is 0 Å². The number of nitrogens with zero attached hydrogens (tertiary/aromatic N) is 2. The van der Waals surface area contributed by atoms with Gasteiger partial charge < -0.3 is 15.0 Å². The number of carbonyl (C=O) groups excluding carboxylic acids is 2. The number of hydrogen-bond acceptors (Lipinski definition) is 5. The lowest BCUT2D eigenvalue weighted by Gasteiger charge is -2.34. The molecule has 1 atom stereocenters. The minimum Gasteiger partial charge on any atom is -0.495 e. The lowest BCUT2D eigenvalue weighted by Crippen LogP contribution is -2.53. The van der Waals surface area contributed by atoms with E-state index in [2.05, 4.69) is 5.32 Å². The molecule has 0 heterocycles. The second kappa shape index (κ2) is 14.7. The van der Waals surface area contributed by atoms with Gasteiger partial charge >= 0.3 is 0 Å². The first-order valence-electron chi connectivity index (χ1n) is 14.2. The number of rotatable bonds is 13. The van der Waals surface area contributed by atoms with Crippen molar-refractivity contribution in [2.45, 2.75) is 37.8 Å². The van der Waals surface area contributed by atoms with Gasteiger partial charge in [0.1, 0.15) is 24.2 Å². The molecule has 8 nitrogen and oxygen atoms in total. The molecule has 0 radical (unpaired) electrons. The Morgan fingerprint density at radius 1 is 0.886 bits per heavy atom. The molecule has 230 valence electrons. The Labute approximate surface area is 258 Å². The number of benzene rings is 4. The largest absolute Gasteiger partial charge is 0.495 e. The van der Waals surface area contributed by atoms with Crippen molar-refractivity contribution < 1.29 is 27.1 Å². The van der Waals surface area contributed by atoms with Crippen LogP contribution in [-0.4, -0.2) is 51.4 Å². The highest BCUT2D eigenvalue weighted by Gasteiger charge is 2.35. The third kappa shape index (κ3) is 7.82. The first-order valence-corrected chi connectivity index (χ1v) is 15.7. The van der Waals surface area contributed by atoms with E-state index in [0.717, 1.165) is 15.4 Å². The molecule has 4 aromatic carbocycles. The number of hydrogen-bond donors (Lipinski definition) is 1. The second-order valence-electron chi connectivity index (χ2n) is 10.2. The maximum Gasteiger partial charge on any atom is 0.264 e. The molecule has 0 bridgehead atoms. The molecule has 0 aliphatic carbocycles. The quantitative estimate of drug-likeness (QED) is 0.225. The molecule has 0 aliphatic heterocycles. The highest BCUT2D eigenvalue weighted by atomic mass is 32.2. The Kier molecular flexibility index (Phi) is 10.7. The highest BCUT2D eigenvalue weighted by Crippen LogP contribution is 2.34. The number of nitrogens with one attached hydrogen (secondary N) is 1. The van der Waals surface area contributed by atoms with Crippen LogP contribution in [0.25, 0.3) is 0 Å². The minimum atomic E-state index is -4.27. The summed E-state index contributed by atoms with van der Waals surface area (Å²) in [5.74, 6) is -1.19. The molecule has 4 aromatic rings. The van der Waals surface area contributed by atoms with E-state index in [1.807, 2.05) is 37.3 Å². The summed E-state index contributed by atoms with van der Waals surface area (Å²) in [6.45, 7) is 3.24. The van der Waals surface area contributed by atoms with Gasteiger partial charge in [0.2, 0.25) is 11.8 Å². The normalized spacial score (nSPS) is 11.8. The summed E-state index contributed by atoms with van der Waals surface area (Å²) in [5, 5.41) is 2.82. The standard InChI is InChI=1S/C34H36FN3O5S/c1-4-36-34(40)31(22-26-11-7-5-8-12-26)37(23-27-16-18-28(35)19-17-27)33(39)24-38(30-21-25(2)15-20-32(30)43-3)44(41,42)29-13-9-6-10-14-29/h5-21,31H,4,22-24H2,1-3H3,(H,36,40)/t31-/m1/s1. The Hall–Kier alpha value is -4.70. The van der Waals surface area contributed by atoms with Crippen LogP contribution in [-0.2, 0) is 32.6 Å². The molecule has 2 amide bonds. The van der Waals surface area contributed by atoms with Gasteiger partial charge in [0.25, 0.3) is 10.0 Å². The molecule has 0 spiro atoms. The average Bonchev–Trinajstić information content (AvgIpc) is 3.03. The first-order chi connectivity index (χ1) is 21.1. The Balaban J connectivity index is 1.83. The SMILES string of the molecule is CCNC(=O)[C@@H](Cc1ccccc1)N(Cc1ccc(F)cc1)C(=O)CN(c1cc(C)ccc1OC)S(=O)(=O)c1ccccc1. The van der Waals surface area contributed by atoms with Crippen LogP contribution in [0.1, 0.15) is 23.6 Å². The molecule has 0 unspecified atom stereocenters. The van der Waals surface area contributed by atoms with Crippen LogP contribution in [0.3, 0.4) is 0 Å². The molecule has 0 fully saturated rings. The zero-order valence-electron chi connectivity index (χ0n) is 24.9. The molecule has 10 heteroatoms. The number of sulfonamides is 1. The van der Waals surface area contributed by atoms with Gasteiger partial charge in [0.15, 0.2) is 0 Å². The lowest BCUT2D eigenvalue weighted by molar-refractivity contribution is -0.140. The monoisotopic (exact) mass is 617 g/mol. The van der Waals surface area contributed by atoms with Crippen LogP contribution in [0.5, 0.6) is 5.75 Å². The molecule has 44 heavy (non-hydrogen) atoms. The van der Waals surface area contributed by atoms with Crippen molar-refractivity contribution in [2.24, 2.45) is 0 Å². The fraction of sp³-hybridized carbons (Fsp3) is 0.235. The summed E-state index contributed by atoms with van der Waals surface area (Å²) in [5.41, 5.74) is 2.33. The minimum absolute atomic E-state index is 0.00833. The first kappa shape index (κ1) is 32.2. The Bertz CT molecular complexity index is 1670. The van der Waals surface area contributed by atoms with Crippen LogP contribution >= 0.6 is 0 Å². The van der Waals surface area contributed by atoms with E-state index in [1.54, 1.807) is 43.3 Å². The Morgan fingerprint density at radius 2 is 1.52 bits per heavy atom. The maximum atomic E-state index is 14.4. The van der Waals surface area contributed by atoms with Crippen molar-refractivity contribution in [3.63, 3.8) is 0 Å². The van der Waals surface area contributed by atoms with E-state index in [9.17, 15) is 22.4 Å². The molecule has 0 saturated carbocycles. The number of halogens is 1. The van der Waals surface area contributed by atoms with Gasteiger partial charge in [-0.3, -0.25) is 13.9 Å². The van der Waals surface area contributed by atoms with Gasteiger partial charge in [0.05, 0.1) is 17.7 Å². The van der Waals surface area contributed by atoms with Crippen LogP contribution in [0, 0.1) is 12.7 Å². The zero-order valence-corrected chi connectivity index (χ0v) is 25.8. The van der Waals surface area contributed by atoms with Crippen LogP contribution in [0.2, 0.25) is 0 Å². The number of carbonyl (C=O) groups is 2. The fourth-order valence-corrected chi connectivity index (χ4v) is 6.30. The van der Waals surface area contributed by atoms with E-state index in [1.165, 1.54) is 48.4 Å². The highest BCUT2D eigenvalue weighted by molar-refractivity contribution is 7.92. The second-order valence-corrected chi connectivity index (χ2v) is 12.1. The summed E-state index contributed by atoms with van der Waals surface area (Å²) in [7, 11) is -2.84. The average molecular weight is 618 g/mol. The molecular formula is C34H36FN3O5S. The van der Waals surface area contributed by atoms with Gasteiger partial charge in [-0.15, -0.1) is 0 Å². The number of anilines is 1. The summed E-state index contributed by atoms with van der Waals surface area (Å²) >= 11 is 0. The topological polar surface area (TPSA) is 96.0 Å². The third-order valence-corrected chi connectivity index (χ3v) is 8.88. The third-order valence-electron chi connectivity index (χ3n) is 7.10. The van der Waals surface area contributed by atoms with Gasteiger partial charge in [-0.25, -0.2) is 12.8 Å². The molecule has 1 N–H and O–H groups in total. The van der Waals surface area contributed by atoms with E-state index < -0.39 is 40.2 Å². The molecular weight excluding hydrogens is 581 g/mol.